The van der Waals surface area contributed by atoms with E-state index in [0.29, 0.717) is 38.8 Å². The van der Waals surface area contributed by atoms with E-state index in [4.69, 9.17) is 10.5 Å². The quantitative estimate of drug-likeness (QED) is 0.369. The van der Waals surface area contributed by atoms with Crippen LogP contribution in [0.5, 0.6) is 0 Å². The van der Waals surface area contributed by atoms with Gasteiger partial charge in [0.25, 0.3) is 0 Å². The summed E-state index contributed by atoms with van der Waals surface area (Å²) in [7, 11) is 0. The summed E-state index contributed by atoms with van der Waals surface area (Å²) in [6.45, 7) is 2.40. The SMILES string of the molecule is C[C@H](NC(=O)[C@@H]1CCCN1C(=O)OCc1ccccc1)C(=O)N[C@@H](CCCCN)C(=O)O. The predicted octanol–water partition coefficient (Wildman–Crippen LogP) is 0.991. The van der Waals surface area contributed by atoms with Gasteiger partial charge in [0, 0.05) is 6.54 Å². The summed E-state index contributed by atoms with van der Waals surface area (Å²) in [4.78, 5) is 50.3. The van der Waals surface area contributed by atoms with Crippen molar-refractivity contribution in [3.63, 3.8) is 0 Å². The van der Waals surface area contributed by atoms with Crippen molar-refractivity contribution in [2.45, 2.75) is 63.8 Å². The largest absolute Gasteiger partial charge is 0.480 e. The number of aliphatic carboxylic acids is 1. The Bertz CT molecular complexity index is 788. The number of nitrogens with two attached hydrogens (primary N) is 1. The molecule has 0 saturated carbocycles. The molecule has 3 amide bonds. The van der Waals surface area contributed by atoms with Crippen LogP contribution in [0.25, 0.3) is 0 Å². The van der Waals surface area contributed by atoms with Crippen LogP contribution in [0.3, 0.4) is 0 Å². The van der Waals surface area contributed by atoms with E-state index < -0.39 is 42.0 Å². The molecule has 1 aromatic carbocycles. The number of amides is 3. The molecule has 0 aliphatic carbocycles. The molecule has 1 heterocycles. The van der Waals surface area contributed by atoms with Crippen molar-refractivity contribution in [1.29, 1.82) is 0 Å². The van der Waals surface area contributed by atoms with Gasteiger partial charge in [0.1, 0.15) is 24.7 Å². The Morgan fingerprint density at radius 1 is 1.19 bits per heavy atom. The molecule has 0 spiro atoms. The molecule has 0 aromatic heterocycles. The number of carbonyl (C=O) groups excluding carboxylic acids is 3. The minimum Gasteiger partial charge on any atom is -0.480 e. The fourth-order valence-corrected chi connectivity index (χ4v) is 3.48. The monoisotopic (exact) mass is 448 g/mol. The van der Waals surface area contributed by atoms with Crippen LogP contribution in [-0.4, -0.2) is 65.1 Å². The van der Waals surface area contributed by atoms with Crippen molar-refractivity contribution in [2.75, 3.05) is 13.1 Å². The van der Waals surface area contributed by atoms with Crippen LogP contribution in [0.4, 0.5) is 4.79 Å². The molecule has 10 nitrogen and oxygen atoms in total. The lowest BCUT2D eigenvalue weighted by Crippen LogP contribution is -2.54. The fourth-order valence-electron chi connectivity index (χ4n) is 3.48. The zero-order chi connectivity index (χ0) is 23.5. The fraction of sp³-hybridized carbons (Fsp3) is 0.545. The molecule has 0 bridgehead atoms. The number of ether oxygens (including phenoxy) is 1. The summed E-state index contributed by atoms with van der Waals surface area (Å²) in [5.74, 6) is -2.22. The molecular weight excluding hydrogens is 416 g/mol. The minimum absolute atomic E-state index is 0.101. The van der Waals surface area contributed by atoms with Crippen LogP contribution < -0.4 is 16.4 Å². The first kappa shape index (κ1) is 25.1. The molecule has 1 aliphatic rings. The van der Waals surface area contributed by atoms with Crippen molar-refractivity contribution in [2.24, 2.45) is 5.73 Å². The van der Waals surface area contributed by atoms with Crippen LogP contribution >= 0.6 is 0 Å². The van der Waals surface area contributed by atoms with Crippen molar-refractivity contribution >= 4 is 23.9 Å². The Hall–Kier alpha value is -3.14. The van der Waals surface area contributed by atoms with Gasteiger partial charge in [0.15, 0.2) is 0 Å². The third kappa shape index (κ3) is 7.52. The Kier molecular flexibility index (Phi) is 9.93. The van der Waals surface area contributed by atoms with Gasteiger partial charge in [-0.25, -0.2) is 9.59 Å². The summed E-state index contributed by atoms with van der Waals surface area (Å²) in [6, 6.07) is 6.47. The van der Waals surface area contributed by atoms with Gasteiger partial charge in [-0.05, 0) is 51.1 Å². The van der Waals surface area contributed by atoms with Crippen LogP contribution in [0, 0.1) is 0 Å². The van der Waals surface area contributed by atoms with Crippen molar-refractivity contribution in [3.05, 3.63) is 35.9 Å². The highest BCUT2D eigenvalue weighted by Crippen LogP contribution is 2.19. The summed E-state index contributed by atoms with van der Waals surface area (Å²) < 4.78 is 5.32. The zero-order valence-electron chi connectivity index (χ0n) is 18.3. The topological polar surface area (TPSA) is 151 Å². The lowest BCUT2D eigenvalue weighted by atomic mass is 10.1. The maximum atomic E-state index is 12.7. The molecule has 0 radical (unpaired) electrons. The molecular formula is C22H32N4O6. The maximum Gasteiger partial charge on any atom is 0.410 e. The van der Waals surface area contributed by atoms with Crippen LogP contribution in [0.15, 0.2) is 30.3 Å². The molecule has 2 rings (SSSR count). The molecule has 32 heavy (non-hydrogen) atoms. The minimum atomic E-state index is -1.14. The molecule has 1 aliphatic heterocycles. The van der Waals surface area contributed by atoms with E-state index in [9.17, 15) is 24.3 Å². The third-order valence-electron chi connectivity index (χ3n) is 5.31. The predicted molar refractivity (Wildman–Crippen MR) is 116 cm³/mol. The summed E-state index contributed by atoms with van der Waals surface area (Å²) in [6.07, 6.45) is 1.98. The Morgan fingerprint density at radius 2 is 1.91 bits per heavy atom. The Labute approximate surface area is 187 Å². The molecule has 1 aromatic rings. The smallest absolute Gasteiger partial charge is 0.410 e. The highest BCUT2D eigenvalue weighted by molar-refractivity contribution is 5.92. The standard InChI is InChI=1S/C22H32N4O6/c1-15(19(27)25-17(21(29)30)10-5-6-12-23)24-20(28)18-11-7-13-26(18)22(31)32-14-16-8-3-2-4-9-16/h2-4,8-9,15,17-18H,5-7,10-14,23H2,1H3,(H,24,28)(H,25,27)(H,29,30)/t15-,17-,18-/m0/s1. The first-order valence-electron chi connectivity index (χ1n) is 10.8. The number of carboxylic acid groups (broad SMARTS) is 1. The summed E-state index contributed by atoms with van der Waals surface area (Å²) >= 11 is 0. The van der Waals surface area contributed by atoms with Crippen LogP contribution in [0.2, 0.25) is 0 Å². The van der Waals surface area contributed by atoms with Gasteiger partial charge in [-0.1, -0.05) is 30.3 Å². The molecule has 0 unspecified atom stereocenters. The average Bonchev–Trinajstić information content (AvgIpc) is 3.27. The number of hydrogen-bond acceptors (Lipinski definition) is 6. The first-order valence-corrected chi connectivity index (χ1v) is 10.8. The van der Waals surface area contributed by atoms with E-state index >= 15 is 0 Å². The normalized spacial score (nSPS) is 17.3. The Balaban J connectivity index is 1.86. The molecule has 176 valence electrons. The van der Waals surface area contributed by atoms with Crippen molar-refractivity contribution in [1.82, 2.24) is 15.5 Å². The number of nitrogens with zero attached hydrogens (tertiary/aromatic N) is 1. The summed E-state index contributed by atoms with van der Waals surface area (Å²) in [5, 5.41) is 14.3. The average molecular weight is 449 g/mol. The van der Waals surface area contributed by atoms with E-state index in [-0.39, 0.29) is 13.0 Å². The van der Waals surface area contributed by atoms with Gasteiger partial charge in [0.05, 0.1) is 0 Å². The highest BCUT2D eigenvalue weighted by atomic mass is 16.6. The van der Waals surface area contributed by atoms with Gasteiger partial charge in [0.2, 0.25) is 11.8 Å². The number of rotatable bonds is 11. The second-order valence-electron chi connectivity index (χ2n) is 7.81. The maximum absolute atomic E-state index is 12.7. The molecule has 5 N–H and O–H groups in total. The van der Waals surface area contributed by atoms with Gasteiger partial charge >= 0.3 is 12.1 Å². The molecule has 3 atom stereocenters. The van der Waals surface area contributed by atoms with E-state index in [1.54, 1.807) is 0 Å². The first-order chi connectivity index (χ1) is 15.3. The van der Waals surface area contributed by atoms with Gasteiger partial charge < -0.3 is 26.2 Å². The second-order valence-corrected chi connectivity index (χ2v) is 7.81. The van der Waals surface area contributed by atoms with E-state index in [2.05, 4.69) is 10.6 Å². The van der Waals surface area contributed by atoms with E-state index in [1.807, 2.05) is 30.3 Å². The number of carbonyl (C=O) groups is 4. The van der Waals surface area contributed by atoms with Crippen LogP contribution in [0.1, 0.15) is 44.6 Å². The number of benzene rings is 1. The van der Waals surface area contributed by atoms with Gasteiger partial charge in [-0.15, -0.1) is 0 Å². The van der Waals surface area contributed by atoms with Gasteiger partial charge in [-0.3, -0.25) is 14.5 Å². The van der Waals surface area contributed by atoms with Crippen molar-refractivity contribution in [3.8, 4) is 0 Å². The third-order valence-corrected chi connectivity index (χ3v) is 5.31. The Morgan fingerprint density at radius 3 is 2.56 bits per heavy atom. The number of carboxylic acids is 1. The lowest BCUT2D eigenvalue weighted by Gasteiger charge is -2.25. The number of nitrogens with one attached hydrogen (secondary N) is 2. The van der Waals surface area contributed by atoms with Crippen molar-refractivity contribution < 1.29 is 29.0 Å². The molecule has 1 fully saturated rings. The summed E-state index contributed by atoms with van der Waals surface area (Å²) in [5.41, 5.74) is 6.26. The number of unbranched alkanes of at least 4 members (excludes halogenated alkanes) is 1. The number of likely N-dealkylation sites (tertiary alicyclic amines) is 1. The lowest BCUT2D eigenvalue weighted by molar-refractivity contribution is -0.142. The van der Waals surface area contributed by atoms with Crippen LogP contribution in [-0.2, 0) is 25.7 Å². The molecule has 1 saturated heterocycles. The highest BCUT2D eigenvalue weighted by Gasteiger charge is 2.36. The van der Waals surface area contributed by atoms with E-state index in [0.717, 1.165) is 5.56 Å². The second kappa shape index (κ2) is 12.7. The zero-order valence-corrected chi connectivity index (χ0v) is 18.3. The number of hydrogen-bond donors (Lipinski definition) is 4. The molecule has 10 heteroatoms. The van der Waals surface area contributed by atoms with E-state index in [1.165, 1.54) is 11.8 Å². The van der Waals surface area contributed by atoms with Gasteiger partial charge in [-0.2, -0.15) is 0 Å².